The fourth-order valence-corrected chi connectivity index (χ4v) is 3.36. The fraction of sp³-hybridized carbons (Fsp3) is 0.667. The van der Waals surface area contributed by atoms with Gasteiger partial charge in [0.2, 0.25) is 11.9 Å². The average Bonchev–Trinajstić information content (AvgIpc) is 2.92. The Morgan fingerprint density at radius 1 is 1.52 bits per heavy atom. The maximum atomic E-state index is 12.8. The molecule has 126 valence electrons. The molecule has 23 heavy (non-hydrogen) atoms. The second-order valence-electron chi connectivity index (χ2n) is 6.16. The lowest BCUT2D eigenvalue weighted by Crippen LogP contribution is -2.50. The lowest BCUT2D eigenvalue weighted by Gasteiger charge is -2.39. The molecule has 0 aliphatic carbocycles. The summed E-state index contributed by atoms with van der Waals surface area (Å²) in [5.41, 5.74) is -0.346. The Kier molecular flexibility index (Phi) is 4.72. The number of hydrogen-bond donors (Lipinski definition) is 2. The van der Waals surface area contributed by atoms with E-state index < -0.39 is 5.82 Å². The van der Waals surface area contributed by atoms with Gasteiger partial charge in [0.1, 0.15) is 0 Å². The number of likely N-dealkylation sites (tertiary alicyclic amines) is 1. The number of halogens is 1. The number of rotatable bonds is 4. The Hall–Kier alpha value is -1.80. The minimum absolute atomic E-state index is 0.0338. The summed E-state index contributed by atoms with van der Waals surface area (Å²) in [6.07, 6.45) is 4.93. The van der Waals surface area contributed by atoms with Crippen LogP contribution in [-0.4, -0.2) is 63.8 Å². The number of nitrogens with zero attached hydrogens (tertiary/aromatic N) is 3. The third-order valence-electron chi connectivity index (χ3n) is 4.38. The van der Waals surface area contributed by atoms with Crippen molar-refractivity contribution in [3.8, 4) is 0 Å². The second kappa shape index (κ2) is 6.76. The molecule has 7 nitrogen and oxygen atoms in total. The van der Waals surface area contributed by atoms with Gasteiger partial charge in [-0.2, -0.15) is 0 Å². The van der Waals surface area contributed by atoms with Crippen molar-refractivity contribution in [3.63, 3.8) is 0 Å². The van der Waals surface area contributed by atoms with E-state index in [1.54, 1.807) is 4.90 Å². The molecule has 8 heteroatoms. The third-order valence-corrected chi connectivity index (χ3v) is 4.38. The topological polar surface area (TPSA) is 87.6 Å². The van der Waals surface area contributed by atoms with Crippen molar-refractivity contribution in [2.75, 3.05) is 31.6 Å². The van der Waals surface area contributed by atoms with Gasteiger partial charge in [-0.15, -0.1) is 0 Å². The zero-order valence-electron chi connectivity index (χ0n) is 12.9. The number of aliphatic hydroxyl groups is 1. The maximum absolute atomic E-state index is 12.8. The molecule has 0 radical (unpaired) electrons. The van der Waals surface area contributed by atoms with Gasteiger partial charge in [0.15, 0.2) is 5.82 Å². The molecule has 2 atom stereocenters. The largest absolute Gasteiger partial charge is 0.396 e. The first kappa shape index (κ1) is 16.1. The van der Waals surface area contributed by atoms with Crippen LogP contribution in [0.3, 0.4) is 0 Å². The standard InChI is InChI=1S/C15H21FN4O3/c16-11-7-17-14(18-8-11)19-12-6-15(23-9-12)3-1-4-20(10-15)13(22)2-5-21/h7-8,12,21H,1-6,9-10H2,(H,17,18,19). The Labute approximate surface area is 133 Å². The molecule has 0 bridgehead atoms. The van der Waals surface area contributed by atoms with Gasteiger partial charge in [0, 0.05) is 25.9 Å². The molecule has 1 aromatic heterocycles. The number of aliphatic hydroxyl groups excluding tert-OH is 1. The molecule has 0 aromatic carbocycles. The van der Waals surface area contributed by atoms with Crippen LogP contribution in [0.4, 0.5) is 10.3 Å². The fourth-order valence-electron chi connectivity index (χ4n) is 3.36. The van der Waals surface area contributed by atoms with Crippen LogP contribution in [0.25, 0.3) is 0 Å². The van der Waals surface area contributed by atoms with Crippen molar-refractivity contribution < 1.29 is 19.0 Å². The molecular formula is C15H21FN4O3. The molecule has 2 fully saturated rings. The number of aromatic nitrogens is 2. The van der Waals surface area contributed by atoms with Crippen LogP contribution in [0.15, 0.2) is 12.4 Å². The van der Waals surface area contributed by atoms with Crippen molar-refractivity contribution in [3.05, 3.63) is 18.2 Å². The van der Waals surface area contributed by atoms with E-state index in [0.717, 1.165) is 31.7 Å². The Balaban J connectivity index is 1.59. The van der Waals surface area contributed by atoms with Gasteiger partial charge in [0.05, 0.1) is 37.3 Å². The first-order chi connectivity index (χ1) is 11.1. The van der Waals surface area contributed by atoms with Crippen LogP contribution in [0.2, 0.25) is 0 Å². The van der Waals surface area contributed by atoms with Crippen molar-refractivity contribution in [2.24, 2.45) is 0 Å². The highest BCUT2D eigenvalue weighted by molar-refractivity contribution is 5.76. The van der Waals surface area contributed by atoms with Crippen LogP contribution in [0.5, 0.6) is 0 Å². The number of ether oxygens (including phenoxy) is 1. The van der Waals surface area contributed by atoms with E-state index in [2.05, 4.69) is 15.3 Å². The molecule has 2 saturated heterocycles. The Bertz CT molecular complexity index is 556. The van der Waals surface area contributed by atoms with E-state index in [1.807, 2.05) is 0 Å². The van der Waals surface area contributed by atoms with E-state index in [9.17, 15) is 9.18 Å². The normalized spacial score (nSPS) is 27.4. The van der Waals surface area contributed by atoms with E-state index in [0.29, 0.717) is 25.6 Å². The van der Waals surface area contributed by atoms with Gasteiger partial charge >= 0.3 is 0 Å². The molecule has 2 N–H and O–H groups in total. The lowest BCUT2D eigenvalue weighted by molar-refractivity contribution is -0.139. The average molecular weight is 324 g/mol. The van der Waals surface area contributed by atoms with E-state index in [4.69, 9.17) is 9.84 Å². The highest BCUT2D eigenvalue weighted by Crippen LogP contribution is 2.35. The minimum atomic E-state index is -0.472. The summed E-state index contributed by atoms with van der Waals surface area (Å²) < 4.78 is 18.8. The summed E-state index contributed by atoms with van der Waals surface area (Å²) in [5, 5.41) is 12.1. The number of nitrogens with one attached hydrogen (secondary N) is 1. The zero-order valence-corrected chi connectivity index (χ0v) is 12.9. The maximum Gasteiger partial charge on any atom is 0.224 e. The molecular weight excluding hydrogens is 303 g/mol. The summed E-state index contributed by atoms with van der Waals surface area (Å²) in [6.45, 7) is 1.63. The van der Waals surface area contributed by atoms with Crippen molar-refractivity contribution in [1.82, 2.24) is 14.9 Å². The van der Waals surface area contributed by atoms with Gasteiger partial charge in [-0.3, -0.25) is 4.79 Å². The number of hydrogen-bond acceptors (Lipinski definition) is 6. The van der Waals surface area contributed by atoms with Crippen LogP contribution in [0.1, 0.15) is 25.7 Å². The first-order valence-electron chi connectivity index (χ1n) is 7.87. The summed E-state index contributed by atoms with van der Waals surface area (Å²) >= 11 is 0. The number of carbonyl (C=O) groups is 1. The van der Waals surface area contributed by atoms with Gasteiger partial charge in [0.25, 0.3) is 0 Å². The summed E-state index contributed by atoms with van der Waals surface area (Å²) in [6, 6.07) is 0.0355. The molecule has 3 rings (SSSR count). The predicted octanol–water partition coefficient (Wildman–Crippen LogP) is 0.560. The van der Waals surface area contributed by atoms with Gasteiger partial charge in [-0.25, -0.2) is 14.4 Å². The number of piperidine rings is 1. The minimum Gasteiger partial charge on any atom is -0.396 e. The van der Waals surface area contributed by atoms with Crippen molar-refractivity contribution in [2.45, 2.75) is 37.3 Å². The third kappa shape index (κ3) is 3.76. The Morgan fingerprint density at radius 2 is 2.30 bits per heavy atom. The van der Waals surface area contributed by atoms with Gasteiger partial charge in [-0.1, -0.05) is 0 Å². The smallest absolute Gasteiger partial charge is 0.224 e. The second-order valence-corrected chi connectivity index (χ2v) is 6.16. The van der Waals surface area contributed by atoms with Gasteiger partial charge < -0.3 is 20.1 Å². The van der Waals surface area contributed by atoms with Gasteiger partial charge in [-0.05, 0) is 12.8 Å². The first-order valence-corrected chi connectivity index (χ1v) is 7.87. The zero-order chi connectivity index (χ0) is 16.3. The summed E-state index contributed by atoms with van der Waals surface area (Å²) in [5.74, 6) is -0.130. The molecule has 2 aliphatic rings. The molecule has 1 aromatic rings. The molecule has 3 heterocycles. The SMILES string of the molecule is O=C(CCO)N1CCCC2(CC(Nc3ncc(F)cn3)CO2)C1. The van der Waals surface area contributed by atoms with Crippen LogP contribution in [0, 0.1) is 5.82 Å². The molecule has 1 spiro atoms. The molecule has 2 unspecified atom stereocenters. The summed E-state index contributed by atoms with van der Waals surface area (Å²) in [4.78, 5) is 21.6. The monoisotopic (exact) mass is 324 g/mol. The van der Waals surface area contributed by atoms with E-state index in [-0.39, 0.29) is 30.6 Å². The summed E-state index contributed by atoms with van der Waals surface area (Å²) in [7, 11) is 0. The van der Waals surface area contributed by atoms with Crippen LogP contribution >= 0.6 is 0 Å². The molecule has 2 aliphatic heterocycles. The Morgan fingerprint density at radius 3 is 3.04 bits per heavy atom. The molecule has 1 amide bonds. The van der Waals surface area contributed by atoms with E-state index in [1.165, 1.54) is 0 Å². The quantitative estimate of drug-likeness (QED) is 0.841. The predicted molar refractivity (Wildman–Crippen MR) is 80.2 cm³/mol. The van der Waals surface area contributed by atoms with Crippen molar-refractivity contribution in [1.29, 1.82) is 0 Å². The number of carbonyl (C=O) groups excluding carboxylic acids is 1. The van der Waals surface area contributed by atoms with E-state index >= 15 is 0 Å². The lowest BCUT2D eigenvalue weighted by atomic mass is 9.88. The molecule has 0 saturated carbocycles. The highest BCUT2D eigenvalue weighted by Gasteiger charge is 2.44. The van der Waals surface area contributed by atoms with Crippen LogP contribution < -0.4 is 5.32 Å². The number of anilines is 1. The van der Waals surface area contributed by atoms with Crippen molar-refractivity contribution >= 4 is 11.9 Å². The highest BCUT2D eigenvalue weighted by atomic mass is 19.1. The van der Waals surface area contributed by atoms with Crippen LogP contribution in [-0.2, 0) is 9.53 Å². The number of amides is 1.